The molecule has 0 amide bonds. The van der Waals surface area contributed by atoms with Crippen LogP contribution in [0.1, 0.15) is 418 Å². The molecule has 724 valence electrons. The first kappa shape index (κ1) is 126. The minimum atomic E-state index is -4.18. The largest absolute Gasteiger partial charge is 0.395 e. The van der Waals surface area contributed by atoms with Crippen molar-refractivity contribution < 1.29 is 105 Å². The molecule has 0 spiro atoms. The van der Waals surface area contributed by atoms with Crippen molar-refractivity contribution in [2.75, 3.05) is 0 Å². The fraction of sp³-hybridized carbons (Fsp3) is 1.00. The average molecular weight is 1770 g/mol. The molecule has 24 heteroatoms. The van der Waals surface area contributed by atoms with Crippen LogP contribution in [0.2, 0.25) is 0 Å². The molecule has 0 saturated heterocycles. The van der Waals surface area contributed by atoms with Gasteiger partial charge in [0, 0.05) is 0 Å². The van der Waals surface area contributed by atoms with Crippen LogP contribution in [0.25, 0.3) is 0 Å². The normalized spacial score (nSPS) is 18.7. The Labute approximate surface area is 711 Å². The van der Waals surface area contributed by atoms with E-state index in [9.17, 15) is 105 Å². The van der Waals surface area contributed by atoms with E-state index in [0.717, 1.165) is 32.1 Å². The summed E-state index contributed by atoms with van der Waals surface area (Å²) in [6.45, 7) is 68.7. The zero-order valence-corrected chi connectivity index (χ0v) is 81.8. The molecule has 0 aromatic heterocycles. The zero-order chi connectivity index (χ0) is 96.8. The van der Waals surface area contributed by atoms with Gasteiger partial charge in [0.15, 0.2) is 0 Å². The average Bonchev–Trinajstić information content (AvgIpc) is 0.995. The molecule has 0 bridgehead atoms. The van der Waals surface area contributed by atoms with Gasteiger partial charge >= 0.3 is 49.4 Å². The maximum Gasteiger partial charge on any atom is 0.395 e. The quantitative estimate of drug-likeness (QED) is 0.0757. The number of hydrogen-bond acceptors (Lipinski definition) is 0. The second kappa shape index (κ2) is 47.6. The van der Waals surface area contributed by atoms with Crippen LogP contribution in [0.4, 0.5) is 105 Å². The number of halogens is 24. The minimum Gasteiger partial charge on any atom is -0.171 e. The highest BCUT2D eigenvalue weighted by Gasteiger charge is 2.68. The van der Waals surface area contributed by atoms with E-state index in [1.807, 2.05) is 166 Å². The monoisotopic (exact) mass is 1770 g/mol. The molecule has 0 radical (unpaired) electrons. The van der Waals surface area contributed by atoms with Crippen LogP contribution in [0.3, 0.4) is 0 Å². The maximum atomic E-state index is 14.0. The van der Waals surface area contributed by atoms with Crippen molar-refractivity contribution in [2.45, 2.75) is 467 Å². The first-order valence-electron chi connectivity index (χ1n) is 45.2. The lowest BCUT2D eigenvalue weighted by Gasteiger charge is -2.57. The Morgan fingerprint density at radius 2 is 0.445 bits per heavy atom. The highest BCUT2D eigenvalue weighted by molar-refractivity contribution is 5.06. The van der Waals surface area contributed by atoms with Crippen molar-refractivity contribution in [1.82, 2.24) is 0 Å². The van der Waals surface area contributed by atoms with Gasteiger partial charge in [-0.1, -0.05) is 321 Å². The molecule has 3 aliphatic carbocycles. The minimum absolute atomic E-state index is 0.0154. The fourth-order valence-corrected chi connectivity index (χ4v) is 21.5. The molecule has 2 unspecified atom stereocenters. The highest BCUT2D eigenvalue weighted by atomic mass is 19.4. The number of hydrogen-bond donors (Lipinski definition) is 0. The maximum absolute atomic E-state index is 14.0. The summed E-state index contributed by atoms with van der Waals surface area (Å²) in [5.74, 6) is -2.27. The summed E-state index contributed by atoms with van der Waals surface area (Å²) in [5, 5.41) is 0. The van der Waals surface area contributed by atoms with Crippen LogP contribution >= 0.6 is 0 Å². The molecule has 0 aliphatic heterocycles. The fourth-order valence-electron chi connectivity index (χ4n) is 21.5. The van der Waals surface area contributed by atoms with E-state index in [2.05, 4.69) is 0 Å². The molecular weight excluding hydrogens is 1600 g/mol. The van der Waals surface area contributed by atoms with E-state index in [0.29, 0.717) is 103 Å². The van der Waals surface area contributed by atoms with Gasteiger partial charge in [-0.2, -0.15) is 105 Å². The smallest absolute Gasteiger partial charge is 0.171 e. The van der Waals surface area contributed by atoms with Gasteiger partial charge in [-0.25, -0.2) is 0 Å². The van der Waals surface area contributed by atoms with Gasteiger partial charge in [0.05, 0.1) is 43.3 Å². The number of rotatable bonds is 26. The Bertz CT molecular complexity index is 2580. The Hall–Kier alpha value is -1.68. The van der Waals surface area contributed by atoms with Crippen LogP contribution in [0, 0.1) is 142 Å². The molecule has 3 aliphatic rings. The van der Waals surface area contributed by atoms with E-state index in [1.165, 1.54) is 55.4 Å². The van der Waals surface area contributed by atoms with Crippen molar-refractivity contribution in [3.63, 3.8) is 0 Å². The predicted molar refractivity (Wildman–Crippen MR) is 450 cm³/mol. The summed E-state index contributed by atoms with van der Waals surface area (Å²) in [5.41, 5.74) is -14.2. The molecule has 3 fully saturated rings. The Kier molecular flexibility index (Phi) is 50.3. The summed E-state index contributed by atoms with van der Waals surface area (Å²) >= 11 is 0. The van der Waals surface area contributed by atoms with Gasteiger partial charge in [-0.05, 0) is 195 Å². The summed E-state index contributed by atoms with van der Waals surface area (Å²) < 4.78 is 315. The predicted octanol–water partition coefficient (Wildman–Crippen LogP) is 39.0. The first-order valence-corrected chi connectivity index (χ1v) is 45.2. The first-order chi connectivity index (χ1) is 52.7. The van der Waals surface area contributed by atoms with Gasteiger partial charge in [-0.15, -0.1) is 0 Å². The van der Waals surface area contributed by atoms with E-state index >= 15 is 0 Å². The van der Waals surface area contributed by atoms with Crippen LogP contribution in [-0.4, -0.2) is 49.4 Å². The third-order valence-electron chi connectivity index (χ3n) is 32.2. The topological polar surface area (TPSA) is 0 Å². The van der Waals surface area contributed by atoms with E-state index in [-0.39, 0.29) is 83.4 Å². The van der Waals surface area contributed by atoms with E-state index in [4.69, 9.17) is 0 Å². The van der Waals surface area contributed by atoms with Crippen molar-refractivity contribution in [3.8, 4) is 0 Å². The SMILES string of the molecule is CC(C)C(C(C)C)C(C)(C(C(C)C)C(C)C)C(F)(F)F.CC(C)C(C(C)C)C(C)(C(C)C)C(F)(F)F.CC1(C(F)(F)F)CCCC1.CC1(C(F)(F)F)CCCCC1.CC1(C)CCC(C)(C(F)(F)F)CC1.CCC(C)(CC)C(C)(C(C)C)C(F)(F)F.CCC(C)(CC)C(C)(C(F)(F)F)C(C)(CC)CC.CCC(CC)C(C)(C(CC)CC)C(F)(F)F. The molecular formula is C95H176F24. The van der Waals surface area contributed by atoms with Crippen LogP contribution in [-0.2, 0) is 0 Å². The molecule has 2 atom stereocenters. The summed E-state index contributed by atoms with van der Waals surface area (Å²) in [7, 11) is 0. The van der Waals surface area contributed by atoms with Gasteiger partial charge in [-0.3, -0.25) is 0 Å². The lowest BCUT2D eigenvalue weighted by atomic mass is 9.49. The molecule has 0 aromatic rings. The standard InChI is InChI=1S/C17H33F3.C15H29F3.2C13H25F3.C12H23F3.C10H17F3.C8H13F3.C7H11F3/c1-10(2)14(11(3)4)16(9,17(18,19)20)15(12(5)6)13(7)8;1-8-12(5,9-2)14(7,15(16,17)18)13(6,10-3)11-4;1-8(2)11(9(3)4)12(7,10(5)6)13(14,15)16;1-6-10(7-2)12(5,13(14,15)16)11(8-3)9-4;1-7-10(5,8-2)11(6,9(3)4)12(13,14)15;1-8(2)4-6-9(3,7-5-8)10(11,12)13;1-7(8(9,10)11)5-3-2-4-6-7;1-6(7(8,9)10)4-2-3-5-6/h10-15H,1-9H3;8-11H2,1-7H3;8-11H,1-7H3;10-11H,6-9H2,1-5H3;9H,7-8H2,1-6H3;4-7H2,1-3H3;2-6H2,1H3;2-5H2,1H3. The summed E-state index contributed by atoms with van der Waals surface area (Å²) in [4.78, 5) is 0. The van der Waals surface area contributed by atoms with Gasteiger partial charge < -0.3 is 0 Å². The van der Waals surface area contributed by atoms with Gasteiger partial charge in [0.25, 0.3) is 0 Å². The molecule has 0 heterocycles. The molecule has 0 nitrogen and oxygen atoms in total. The van der Waals surface area contributed by atoms with Crippen molar-refractivity contribution in [1.29, 1.82) is 0 Å². The Morgan fingerprint density at radius 1 is 0.235 bits per heavy atom. The van der Waals surface area contributed by atoms with E-state index in [1.54, 1.807) is 48.5 Å². The summed E-state index contributed by atoms with van der Waals surface area (Å²) in [6.07, 6.45) is -19.9. The Balaban J connectivity index is -0.000000419. The summed E-state index contributed by atoms with van der Waals surface area (Å²) in [6, 6.07) is 0. The lowest BCUT2D eigenvalue weighted by Crippen LogP contribution is -2.57. The molecule has 0 aromatic carbocycles. The van der Waals surface area contributed by atoms with E-state index < -0.39 is 121 Å². The second-order valence-corrected chi connectivity index (χ2v) is 42.0. The molecule has 3 rings (SSSR count). The number of alkyl halides is 24. The van der Waals surface area contributed by atoms with Crippen molar-refractivity contribution in [3.05, 3.63) is 0 Å². The van der Waals surface area contributed by atoms with Crippen molar-refractivity contribution >= 4 is 0 Å². The van der Waals surface area contributed by atoms with Gasteiger partial charge in [0.1, 0.15) is 0 Å². The zero-order valence-electron chi connectivity index (χ0n) is 81.8. The molecule has 119 heavy (non-hydrogen) atoms. The highest BCUT2D eigenvalue weighted by Crippen LogP contribution is 2.67. The Morgan fingerprint density at radius 3 is 0.580 bits per heavy atom. The van der Waals surface area contributed by atoms with Crippen LogP contribution in [0.15, 0.2) is 0 Å². The third kappa shape index (κ3) is 30.8. The van der Waals surface area contributed by atoms with Crippen molar-refractivity contribution in [2.24, 2.45) is 142 Å². The third-order valence-corrected chi connectivity index (χ3v) is 32.2. The van der Waals surface area contributed by atoms with Gasteiger partial charge in [0.2, 0.25) is 0 Å². The molecule has 0 N–H and O–H groups in total. The van der Waals surface area contributed by atoms with Crippen LogP contribution in [0.5, 0.6) is 0 Å². The van der Waals surface area contributed by atoms with Crippen LogP contribution < -0.4 is 0 Å². The second-order valence-electron chi connectivity index (χ2n) is 42.0. The lowest BCUT2D eigenvalue weighted by molar-refractivity contribution is -0.301. The molecule has 3 saturated carbocycles.